The molecule has 0 aliphatic carbocycles. The summed E-state index contributed by atoms with van der Waals surface area (Å²) in [6.45, 7) is 13.8. The van der Waals surface area contributed by atoms with Crippen molar-refractivity contribution >= 4 is 16.0 Å². The lowest BCUT2D eigenvalue weighted by atomic mass is 10.0. The maximum absolute atomic E-state index is 13.7. The molecule has 1 saturated heterocycles. The monoisotopic (exact) mass is 567 g/mol. The topological polar surface area (TPSA) is 109 Å². The van der Waals surface area contributed by atoms with Crippen LogP contribution in [0.1, 0.15) is 85.0 Å². The number of nitrogens with one attached hydrogen (secondary N) is 1. The number of carbonyl (C=O) groups excluding carboxylic acids is 1. The standard InChI is InChI=1S/C28H42FN3O6S/c1-18(2)25-23(17-30-39(8,34)35)31-26(19-9-11-20(29)12-10-19)32(25)14-13-21-15-22(37-28(6,7)36-21)16-24(33)38-27(3,4)5/h9-12,18,21-22,30H,13-17H2,1-8H3/t21-,22-/m1/s1. The van der Waals surface area contributed by atoms with Gasteiger partial charge in [0.15, 0.2) is 5.79 Å². The minimum atomic E-state index is -3.43. The summed E-state index contributed by atoms with van der Waals surface area (Å²) in [7, 11) is -3.43. The molecule has 1 aromatic carbocycles. The normalized spacial score (nSPS) is 19.8. The number of hydrogen-bond donors (Lipinski definition) is 1. The molecule has 39 heavy (non-hydrogen) atoms. The highest BCUT2D eigenvalue weighted by Gasteiger charge is 2.37. The Hall–Kier alpha value is -2.34. The van der Waals surface area contributed by atoms with Crippen LogP contribution < -0.4 is 4.72 Å². The van der Waals surface area contributed by atoms with Gasteiger partial charge in [-0.25, -0.2) is 22.5 Å². The molecule has 2 heterocycles. The number of carbonyl (C=O) groups is 1. The summed E-state index contributed by atoms with van der Waals surface area (Å²) in [6, 6.07) is 6.08. The first-order valence-electron chi connectivity index (χ1n) is 13.3. The molecule has 0 bridgehead atoms. The van der Waals surface area contributed by atoms with Gasteiger partial charge in [-0.05, 0) is 71.2 Å². The summed E-state index contributed by atoms with van der Waals surface area (Å²) in [5.74, 6) is -0.887. The van der Waals surface area contributed by atoms with E-state index in [9.17, 15) is 17.6 Å². The van der Waals surface area contributed by atoms with Crippen molar-refractivity contribution in [1.29, 1.82) is 0 Å². The third-order valence-electron chi connectivity index (χ3n) is 6.15. The van der Waals surface area contributed by atoms with E-state index in [1.165, 1.54) is 12.1 Å². The number of rotatable bonds is 10. The van der Waals surface area contributed by atoms with Crippen molar-refractivity contribution in [1.82, 2.24) is 14.3 Å². The van der Waals surface area contributed by atoms with Gasteiger partial charge in [0, 0.05) is 24.2 Å². The van der Waals surface area contributed by atoms with Crippen LogP contribution >= 0.6 is 0 Å². The number of sulfonamides is 1. The van der Waals surface area contributed by atoms with E-state index in [2.05, 4.69) is 9.29 Å². The van der Waals surface area contributed by atoms with Crippen molar-refractivity contribution in [3.63, 3.8) is 0 Å². The number of nitrogens with zero attached hydrogens (tertiary/aromatic N) is 2. The highest BCUT2D eigenvalue weighted by atomic mass is 32.2. The average molecular weight is 568 g/mol. The lowest BCUT2D eigenvalue weighted by Crippen LogP contribution is -2.46. The van der Waals surface area contributed by atoms with E-state index in [0.29, 0.717) is 30.9 Å². The first kappa shape index (κ1) is 31.2. The molecule has 2 atom stereocenters. The van der Waals surface area contributed by atoms with Crippen LogP contribution in [-0.2, 0) is 42.1 Å². The Balaban J connectivity index is 1.88. The van der Waals surface area contributed by atoms with Crippen LogP contribution in [0.5, 0.6) is 0 Å². The average Bonchev–Trinajstić information content (AvgIpc) is 3.12. The van der Waals surface area contributed by atoms with Crippen LogP contribution in [0.2, 0.25) is 0 Å². The van der Waals surface area contributed by atoms with Crippen molar-refractivity contribution in [3.8, 4) is 11.4 Å². The predicted molar refractivity (Wildman–Crippen MR) is 147 cm³/mol. The molecule has 0 unspecified atom stereocenters. The molecule has 11 heteroatoms. The summed E-state index contributed by atoms with van der Waals surface area (Å²) >= 11 is 0. The number of halogens is 1. The Morgan fingerprint density at radius 2 is 1.82 bits per heavy atom. The zero-order valence-corrected chi connectivity index (χ0v) is 25.0. The molecule has 1 aliphatic rings. The van der Waals surface area contributed by atoms with E-state index in [1.54, 1.807) is 12.1 Å². The fourth-order valence-electron chi connectivity index (χ4n) is 4.90. The summed E-state index contributed by atoms with van der Waals surface area (Å²) in [5.41, 5.74) is 1.65. The fraction of sp³-hybridized carbons (Fsp3) is 0.643. The number of benzene rings is 1. The molecule has 1 aliphatic heterocycles. The Kier molecular flexibility index (Phi) is 9.63. The molecule has 3 rings (SSSR count). The number of esters is 1. The SMILES string of the molecule is CC(C)c1c(CNS(C)(=O)=O)nc(-c2ccc(F)cc2)n1CC[C@@H]1C[C@H](CC(=O)OC(C)(C)C)OC(C)(C)O1. The van der Waals surface area contributed by atoms with E-state index < -0.39 is 21.4 Å². The highest BCUT2D eigenvalue weighted by Crippen LogP contribution is 2.33. The summed E-state index contributed by atoms with van der Waals surface area (Å²) < 4.78 is 59.7. The highest BCUT2D eigenvalue weighted by molar-refractivity contribution is 7.88. The van der Waals surface area contributed by atoms with Crippen LogP contribution in [0.4, 0.5) is 4.39 Å². The fourth-order valence-corrected chi connectivity index (χ4v) is 5.30. The second kappa shape index (κ2) is 12.0. The Morgan fingerprint density at radius 3 is 2.38 bits per heavy atom. The summed E-state index contributed by atoms with van der Waals surface area (Å²) in [4.78, 5) is 17.3. The largest absolute Gasteiger partial charge is 0.460 e. The van der Waals surface area contributed by atoms with Crippen LogP contribution in [0.3, 0.4) is 0 Å². The van der Waals surface area contributed by atoms with Gasteiger partial charge in [-0.15, -0.1) is 0 Å². The summed E-state index contributed by atoms with van der Waals surface area (Å²) in [6.07, 6.45) is 1.79. The molecule has 1 fully saturated rings. The van der Waals surface area contributed by atoms with Gasteiger partial charge >= 0.3 is 5.97 Å². The van der Waals surface area contributed by atoms with Gasteiger partial charge < -0.3 is 18.8 Å². The smallest absolute Gasteiger partial charge is 0.308 e. The van der Waals surface area contributed by atoms with Crippen molar-refractivity contribution in [2.75, 3.05) is 6.26 Å². The van der Waals surface area contributed by atoms with Crippen LogP contribution in [-0.4, -0.2) is 53.8 Å². The Bertz CT molecular complexity index is 1250. The molecule has 9 nitrogen and oxygen atoms in total. The van der Waals surface area contributed by atoms with Gasteiger partial charge in [-0.3, -0.25) is 4.79 Å². The zero-order valence-electron chi connectivity index (χ0n) is 24.2. The summed E-state index contributed by atoms with van der Waals surface area (Å²) in [5, 5.41) is 0. The first-order chi connectivity index (χ1) is 17.9. The van der Waals surface area contributed by atoms with Crippen molar-refractivity contribution in [3.05, 3.63) is 41.5 Å². The zero-order chi connectivity index (χ0) is 29.2. The third kappa shape index (κ3) is 9.37. The van der Waals surface area contributed by atoms with Crippen LogP contribution in [0, 0.1) is 5.82 Å². The second-order valence-electron chi connectivity index (χ2n) is 11.9. The number of ether oxygens (including phenoxy) is 3. The Morgan fingerprint density at radius 1 is 1.21 bits per heavy atom. The number of imidazole rings is 1. The predicted octanol–water partition coefficient (Wildman–Crippen LogP) is 4.89. The lowest BCUT2D eigenvalue weighted by molar-refractivity contribution is -0.301. The molecule has 0 saturated carbocycles. The van der Waals surface area contributed by atoms with Crippen LogP contribution in [0.25, 0.3) is 11.4 Å². The molecule has 0 spiro atoms. The van der Waals surface area contributed by atoms with Crippen molar-refractivity contribution in [2.24, 2.45) is 0 Å². The van der Waals surface area contributed by atoms with Gasteiger partial charge in [-0.2, -0.15) is 0 Å². The van der Waals surface area contributed by atoms with Gasteiger partial charge in [0.05, 0.1) is 37.1 Å². The molecule has 218 valence electrons. The number of hydrogen-bond acceptors (Lipinski definition) is 7. The van der Waals surface area contributed by atoms with Crippen molar-refractivity contribution in [2.45, 2.75) is 110 Å². The molecule has 0 amide bonds. The van der Waals surface area contributed by atoms with Gasteiger partial charge in [0.25, 0.3) is 0 Å². The molecular formula is C28H42FN3O6S. The maximum Gasteiger partial charge on any atom is 0.308 e. The molecular weight excluding hydrogens is 525 g/mol. The third-order valence-corrected chi connectivity index (χ3v) is 6.82. The van der Waals surface area contributed by atoms with E-state index in [4.69, 9.17) is 19.2 Å². The quantitative estimate of drug-likeness (QED) is 0.407. The van der Waals surface area contributed by atoms with Crippen molar-refractivity contribution < 1.29 is 31.8 Å². The lowest BCUT2D eigenvalue weighted by Gasteiger charge is -2.41. The van der Waals surface area contributed by atoms with Crippen LogP contribution in [0.15, 0.2) is 24.3 Å². The minimum Gasteiger partial charge on any atom is -0.460 e. The van der Waals surface area contributed by atoms with Gasteiger partial charge in [0.1, 0.15) is 17.2 Å². The minimum absolute atomic E-state index is 0.0371. The molecule has 2 aromatic rings. The van der Waals surface area contributed by atoms with Gasteiger partial charge in [-0.1, -0.05) is 13.8 Å². The molecule has 1 aromatic heterocycles. The van der Waals surface area contributed by atoms with E-state index >= 15 is 0 Å². The Labute approximate surface area is 231 Å². The molecule has 1 N–H and O–H groups in total. The van der Waals surface area contributed by atoms with Gasteiger partial charge in [0.2, 0.25) is 10.0 Å². The van der Waals surface area contributed by atoms with E-state index in [0.717, 1.165) is 17.5 Å². The second-order valence-corrected chi connectivity index (χ2v) is 13.7. The molecule has 0 radical (unpaired) electrons. The number of aromatic nitrogens is 2. The van der Waals surface area contributed by atoms with E-state index in [1.807, 2.05) is 48.5 Å². The van der Waals surface area contributed by atoms with E-state index in [-0.39, 0.29) is 42.9 Å². The first-order valence-corrected chi connectivity index (χ1v) is 15.2. The maximum atomic E-state index is 13.7.